The molecule has 1 heterocycles. The van der Waals surface area contributed by atoms with Crippen molar-refractivity contribution in [2.75, 3.05) is 6.54 Å². The maximum absolute atomic E-state index is 13.3. The third kappa shape index (κ3) is 3.09. The molecule has 0 radical (unpaired) electrons. The number of nitrogens with one attached hydrogen (secondary N) is 2. The lowest BCUT2D eigenvalue weighted by Gasteiger charge is -2.35. The van der Waals surface area contributed by atoms with Gasteiger partial charge in [-0.2, -0.15) is 0 Å². The predicted molar refractivity (Wildman–Crippen MR) is 105 cm³/mol. The van der Waals surface area contributed by atoms with E-state index in [-0.39, 0.29) is 24.4 Å². The first-order chi connectivity index (χ1) is 13.4. The van der Waals surface area contributed by atoms with Crippen molar-refractivity contribution in [3.63, 3.8) is 0 Å². The first-order valence-electron chi connectivity index (χ1n) is 10.4. The second-order valence-electron chi connectivity index (χ2n) is 8.68. The largest absolute Gasteiger partial charge is 0.352 e. The van der Waals surface area contributed by atoms with Crippen LogP contribution in [0.15, 0.2) is 24.3 Å². The molecule has 3 aliphatic rings. The molecule has 150 valence electrons. The predicted octanol–water partition coefficient (Wildman–Crippen LogP) is 2.71. The Hall–Kier alpha value is -2.37. The van der Waals surface area contributed by atoms with Crippen LogP contribution in [0.5, 0.6) is 0 Å². The Morgan fingerprint density at radius 2 is 2.00 bits per heavy atom. The van der Waals surface area contributed by atoms with Gasteiger partial charge in [-0.05, 0) is 48.6 Å². The molecule has 6 nitrogen and oxygen atoms in total. The van der Waals surface area contributed by atoms with E-state index >= 15 is 0 Å². The Morgan fingerprint density at radius 1 is 1.21 bits per heavy atom. The molecule has 28 heavy (non-hydrogen) atoms. The second-order valence-corrected chi connectivity index (χ2v) is 8.68. The maximum atomic E-state index is 13.3. The standard InChI is InChI=1S/C22H29N3O3/c1-14-7-5-11-18(15(14)2)23-19(26)13-25-20(27)22(24-21(25)28)12-6-9-16-8-3-4-10-17(16)22/h3-4,8,10,14-15,18H,5-7,9,11-13H2,1-2H3,(H,23,26)(H,24,28)/t14-,15-,18+,22+/m1/s1. The second kappa shape index (κ2) is 7.22. The minimum absolute atomic E-state index is 0.112. The third-order valence-corrected chi connectivity index (χ3v) is 7.01. The number of carbonyl (C=O) groups excluding carboxylic acids is 3. The van der Waals surface area contributed by atoms with E-state index in [1.165, 1.54) is 6.42 Å². The van der Waals surface area contributed by atoms with Crippen molar-refractivity contribution in [2.45, 2.75) is 64.0 Å². The molecule has 1 aromatic carbocycles. The van der Waals surface area contributed by atoms with Crippen molar-refractivity contribution in [2.24, 2.45) is 11.8 Å². The zero-order valence-electron chi connectivity index (χ0n) is 16.7. The molecule has 4 amide bonds. The molecule has 1 aliphatic heterocycles. The van der Waals surface area contributed by atoms with Gasteiger partial charge in [0.15, 0.2) is 0 Å². The summed E-state index contributed by atoms with van der Waals surface area (Å²) in [7, 11) is 0. The van der Waals surface area contributed by atoms with Crippen LogP contribution in [0, 0.1) is 11.8 Å². The van der Waals surface area contributed by atoms with Crippen LogP contribution in [0.2, 0.25) is 0 Å². The number of amides is 4. The van der Waals surface area contributed by atoms with E-state index in [0.29, 0.717) is 18.3 Å². The number of hydrogen-bond donors (Lipinski definition) is 2. The summed E-state index contributed by atoms with van der Waals surface area (Å²) in [6.07, 6.45) is 5.54. The van der Waals surface area contributed by atoms with Gasteiger partial charge in [0.05, 0.1) is 0 Å². The van der Waals surface area contributed by atoms with Gasteiger partial charge in [-0.3, -0.25) is 14.5 Å². The molecule has 2 fully saturated rings. The first-order valence-corrected chi connectivity index (χ1v) is 10.4. The van der Waals surface area contributed by atoms with Gasteiger partial charge in [0.2, 0.25) is 5.91 Å². The molecular formula is C22H29N3O3. The monoisotopic (exact) mass is 383 g/mol. The number of benzene rings is 1. The number of carbonyl (C=O) groups is 3. The van der Waals surface area contributed by atoms with Gasteiger partial charge in [-0.15, -0.1) is 0 Å². The summed E-state index contributed by atoms with van der Waals surface area (Å²) in [6.45, 7) is 4.16. The lowest BCUT2D eigenvalue weighted by atomic mass is 9.76. The fraction of sp³-hybridized carbons (Fsp3) is 0.591. The first kappa shape index (κ1) is 19.0. The van der Waals surface area contributed by atoms with Gasteiger partial charge in [-0.25, -0.2) is 4.79 Å². The van der Waals surface area contributed by atoms with E-state index < -0.39 is 11.6 Å². The van der Waals surface area contributed by atoms with E-state index in [1.807, 2.05) is 24.3 Å². The molecule has 0 aromatic heterocycles. The van der Waals surface area contributed by atoms with Crippen molar-refractivity contribution in [1.82, 2.24) is 15.5 Å². The van der Waals surface area contributed by atoms with Crippen molar-refractivity contribution in [3.8, 4) is 0 Å². The summed E-state index contributed by atoms with van der Waals surface area (Å²) < 4.78 is 0. The summed E-state index contributed by atoms with van der Waals surface area (Å²) >= 11 is 0. The molecule has 1 saturated carbocycles. The van der Waals surface area contributed by atoms with E-state index in [4.69, 9.17) is 0 Å². The molecule has 6 heteroatoms. The minimum Gasteiger partial charge on any atom is -0.352 e. The molecule has 0 unspecified atom stereocenters. The Kier molecular flexibility index (Phi) is 4.89. The van der Waals surface area contributed by atoms with Crippen LogP contribution in [-0.4, -0.2) is 35.3 Å². The summed E-state index contributed by atoms with van der Waals surface area (Å²) in [5.74, 6) is 0.413. The fourth-order valence-corrected chi connectivity index (χ4v) is 5.14. The van der Waals surface area contributed by atoms with E-state index in [2.05, 4.69) is 24.5 Å². The number of imide groups is 1. The molecule has 4 atom stereocenters. The van der Waals surface area contributed by atoms with Gasteiger partial charge < -0.3 is 10.6 Å². The smallest absolute Gasteiger partial charge is 0.325 e. The highest BCUT2D eigenvalue weighted by atomic mass is 16.2. The average Bonchev–Trinajstić information content (AvgIpc) is 2.91. The van der Waals surface area contributed by atoms with Gasteiger partial charge in [0.25, 0.3) is 5.91 Å². The Morgan fingerprint density at radius 3 is 2.82 bits per heavy atom. The van der Waals surface area contributed by atoms with E-state index in [9.17, 15) is 14.4 Å². The zero-order valence-corrected chi connectivity index (χ0v) is 16.7. The van der Waals surface area contributed by atoms with Crippen LogP contribution in [-0.2, 0) is 21.5 Å². The number of fused-ring (bicyclic) bond motifs is 2. The number of urea groups is 1. The van der Waals surface area contributed by atoms with Gasteiger partial charge in [0.1, 0.15) is 12.1 Å². The Balaban J connectivity index is 1.49. The third-order valence-electron chi connectivity index (χ3n) is 7.01. The molecule has 1 spiro atoms. The van der Waals surface area contributed by atoms with Crippen molar-refractivity contribution < 1.29 is 14.4 Å². The van der Waals surface area contributed by atoms with Crippen LogP contribution >= 0.6 is 0 Å². The number of aryl methyl sites for hydroxylation is 1. The highest BCUT2D eigenvalue weighted by molar-refractivity contribution is 6.09. The van der Waals surface area contributed by atoms with E-state index in [0.717, 1.165) is 41.7 Å². The zero-order chi connectivity index (χ0) is 19.9. The lowest BCUT2D eigenvalue weighted by Crippen LogP contribution is -2.49. The van der Waals surface area contributed by atoms with Crippen LogP contribution in [0.3, 0.4) is 0 Å². The molecule has 4 rings (SSSR count). The van der Waals surface area contributed by atoms with Crippen LogP contribution in [0.25, 0.3) is 0 Å². The van der Waals surface area contributed by atoms with Crippen molar-refractivity contribution in [3.05, 3.63) is 35.4 Å². The van der Waals surface area contributed by atoms with Gasteiger partial charge in [0, 0.05) is 6.04 Å². The highest BCUT2D eigenvalue weighted by Gasteiger charge is 2.54. The quantitative estimate of drug-likeness (QED) is 0.788. The van der Waals surface area contributed by atoms with Crippen LogP contribution in [0.4, 0.5) is 4.79 Å². The Labute approximate surface area is 166 Å². The molecule has 2 N–H and O–H groups in total. The van der Waals surface area contributed by atoms with Crippen LogP contribution < -0.4 is 10.6 Å². The van der Waals surface area contributed by atoms with E-state index in [1.54, 1.807) is 0 Å². The van der Waals surface area contributed by atoms with Crippen molar-refractivity contribution >= 4 is 17.8 Å². The summed E-state index contributed by atoms with van der Waals surface area (Å²) in [6, 6.07) is 7.42. The van der Waals surface area contributed by atoms with Gasteiger partial charge in [-0.1, -0.05) is 51.0 Å². The minimum atomic E-state index is -1.02. The lowest BCUT2D eigenvalue weighted by molar-refractivity contribution is -0.136. The summed E-state index contributed by atoms with van der Waals surface area (Å²) in [5, 5.41) is 5.97. The molecular weight excluding hydrogens is 354 g/mol. The molecule has 2 aliphatic carbocycles. The number of hydrogen-bond acceptors (Lipinski definition) is 3. The normalized spacial score (nSPS) is 32.2. The number of nitrogens with zero attached hydrogens (tertiary/aromatic N) is 1. The van der Waals surface area contributed by atoms with Crippen LogP contribution in [0.1, 0.15) is 57.1 Å². The number of rotatable bonds is 3. The van der Waals surface area contributed by atoms with Gasteiger partial charge >= 0.3 is 6.03 Å². The molecule has 1 aromatic rings. The summed E-state index contributed by atoms with van der Waals surface area (Å²) in [5.41, 5.74) is 0.953. The Bertz CT molecular complexity index is 808. The average molecular weight is 383 g/mol. The molecule has 0 bridgehead atoms. The van der Waals surface area contributed by atoms with Crippen molar-refractivity contribution in [1.29, 1.82) is 0 Å². The highest BCUT2D eigenvalue weighted by Crippen LogP contribution is 2.39. The summed E-state index contributed by atoms with van der Waals surface area (Å²) in [4.78, 5) is 39.6. The topological polar surface area (TPSA) is 78.5 Å². The SMILES string of the molecule is C[C@@H]1[C@H](C)CCC[C@@H]1NC(=O)CN1C(=O)N[C@]2(CCCc3ccccc32)C1=O. The fourth-order valence-electron chi connectivity index (χ4n) is 5.14. The molecule has 1 saturated heterocycles. The maximum Gasteiger partial charge on any atom is 0.325 e.